The highest BCUT2D eigenvalue weighted by Crippen LogP contribution is 2.39. The minimum absolute atomic E-state index is 0.0440. The van der Waals surface area contributed by atoms with E-state index in [4.69, 9.17) is 4.74 Å². The third-order valence-electron chi connectivity index (χ3n) is 5.66. The van der Waals surface area contributed by atoms with Gasteiger partial charge in [-0.1, -0.05) is 30.3 Å². The molecule has 0 aliphatic heterocycles. The summed E-state index contributed by atoms with van der Waals surface area (Å²) in [7, 11) is 0. The van der Waals surface area contributed by atoms with E-state index in [0.717, 1.165) is 23.1 Å². The summed E-state index contributed by atoms with van der Waals surface area (Å²) in [4.78, 5) is 0. The van der Waals surface area contributed by atoms with Crippen molar-refractivity contribution in [3.63, 3.8) is 0 Å². The van der Waals surface area contributed by atoms with Gasteiger partial charge in [0, 0.05) is 6.07 Å². The number of phenolic OH excluding ortho intramolecular Hbond substituents is 5. The van der Waals surface area contributed by atoms with Crippen molar-refractivity contribution in [2.75, 3.05) is 0 Å². The number of ether oxygens (including phenoxy) is 1. The molecule has 0 saturated heterocycles. The first-order valence-corrected chi connectivity index (χ1v) is 11.0. The molecule has 4 rings (SSSR count). The van der Waals surface area contributed by atoms with Crippen molar-refractivity contribution in [3.8, 4) is 40.2 Å². The van der Waals surface area contributed by atoms with Gasteiger partial charge in [0.05, 0.1) is 0 Å². The van der Waals surface area contributed by atoms with Crippen molar-refractivity contribution in [2.45, 2.75) is 25.7 Å². The van der Waals surface area contributed by atoms with Crippen LogP contribution in [-0.2, 0) is 25.7 Å². The summed E-state index contributed by atoms with van der Waals surface area (Å²) in [6.45, 7) is 0. The maximum Gasteiger partial charge on any atom is 0.169 e. The van der Waals surface area contributed by atoms with E-state index in [2.05, 4.69) is 0 Å². The second-order valence-electron chi connectivity index (χ2n) is 8.19. The van der Waals surface area contributed by atoms with Gasteiger partial charge < -0.3 is 30.3 Å². The molecular weight excluding hydrogens is 432 g/mol. The Morgan fingerprint density at radius 3 is 1.53 bits per heavy atom. The molecule has 0 atom stereocenters. The van der Waals surface area contributed by atoms with Crippen LogP contribution in [-0.4, -0.2) is 25.5 Å². The fourth-order valence-electron chi connectivity index (χ4n) is 3.70. The Bertz CT molecular complexity index is 1260. The third kappa shape index (κ3) is 5.72. The zero-order valence-electron chi connectivity index (χ0n) is 18.5. The Kier molecular flexibility index (Phi) is 6.78. The van der Waals surface area contributed by atoms with E-state index < -0.39 is 0 Å². The molecule has 0 amide bonds. The van der Waals surface area contributed by atoms with E-state index in [0.29, 0.717) is 24.8 Å². The molecule has 34 heavy (non-hydrogen) atoms. The van der Waals surface area contributed by atoms with Gasteiger partial charge in [-0.2, -0.15) is 0 Å². The third-order valence-corrected chi connectivity index (χ3v) is 5.66. The normalized spacial score (nSPS) is 10.8. The maximum atomic E-state index is 10.5. The summed E-state index contributed by atoms with van der Waals surface area (Å²) >= 11 is 0. The van der Waals surface area contributed by atoms with Gasteiger partial charge in [0.15, 0.2) is 23.0 Å². The SMILES string of the molecule is Oc1ccc(CCc2ccc(Oc3cc(CCc4ccc(O)cc4)c(O)cc3O)c(O)c2)cc1. The van der Waals surface area contributed by atoms with Gasteiger partial charge in [-0.15, -0.1) is 0 Å². The summed E-state index contributed by atoms with van der Waals surface area (Å²) < 4.78 is 5.76. The second-order valence-corrected chi connectivity index (χ2v) is 8.19. The molecule has 0 heterocycles. The lowest BCUT2D eigenvalue weighted by Crippen LogP contribution is -1.95. The van der Waals surface area contributed by atoms with Crippen molar-refractivity contribution in [3.05, 3.63) is 101 Å². The Hall–Kier alpha value is -4.32. The lowest BCUT2D eigenvalue weighted by Gasteiger charge is -2.13. The first-order valence-electron chi connectivity index (χ1n) is 11.0. The molecule has 0 aliphatic carbocycles. The number of aryl methyl sites for hydroxylation is 4. The van der Waals surface area contributed by atoms with Gasteiger partial charge in [-0.25, -0.2) is 0 Å². The van der Waals surface area contributed by atoms with Crippen LogP contribution in [0, 0.1) is 0 Å². The summed E-state index contributed by atoms with van der Waals surface area (Å²) in [6, 6.07) is 21.8. The Morgan fingerprint density at radius 1 is 0.441 bits per heavy atom. The van der Waals surface area contributed by atoms with E-state index in [1.54, 1.807) is 42.5 Å². The molecule has 0 saturated carbocycles. The summed E-state index contributed by atoms with van der Waals surface area (Å²) in [5, 5.41) is 49.8. The largest absolute Gasteiger partial charge is 0.508 e. The maximum absolute atomic E-state index is 10.5. The molecule has 5 N–H and O–H groups in total. The zero-order chi connectivity index (χ0) is 24.1. The molecule has 4 aromatic carbocycles. The highest BCUT2D eigenvalue weighted by Gasteiger charge is 2.13. The highest BCUT2D eigenvalue weighted by atomic mass is 16.5. The van der Waals surface area contributed by atoms with Crippen LogP contribution in [0.1, 0.15) is 22.3 Å². The molecule has 0 radical (unpaired) electrons. The Labute approximate surface area is 197 Å². The fourth-order valence-corrected chi connectivity index (χ4v) is 3.70. The van der Waals surface area contributed by atoms with E-state index in [1.165, 1.54) is 6.07 Å². The van der Waals surface area contributed by atoms with Crippen LogP contribution < -0.4 is 4.74 Å². The van der Waals surface area contributed by atoms with Gasteiger partial charge in [0.1, 0.15) is 17.2 Å². The van der Waals surface area contributed by atoms with E-state index in [-0.39, 0.29) is 40.2 Å². The fraction of sp³-hybridized carbons (Fsp3) is 0.143. The van der Waals surface area contributed by atoms with Crippen LogP contribution in [0.5, 0.6) is 40.2 Å². The van der Waals surface area contributed by atoms with Crippen LogP contribution in [0.15, 0.2) is 78.9 Å². The topological polar surface area (TPSA) is 110 Å². The van der Waals surface area contributed by atoms with Crippen LogP contribution in [0.3, 0.4) is 0 Å². The molecule has 0 unspecified atom stereocenters. The average molecular weight is 459 g/mol. The summed E-state index contributed by atoms with van der Waals surface area (Å²) in [6.07, 6.45) is 2.57. The van der Waals surface area contributed by atoms with Crippen LogP contribution >= 0.6 is 0 Å². The molecule has 0 spiro atoms. The average Bonchev–Trinajstić information content (AvgIpc) is 2.82. The van der Waals surface area contributed by atoms with Gasteiger partial charge in [-0.3, -0.25) is 0 Å². The second kappa shape index (κ2) is 10.1. The predicted octanol–water partition coefficient (Wildman–Crippen LogP) is 5.58. The number of hydrogen-bond acceptors (Lipinski definition) is 6. The van der Waals surface area contributed by atoms with Crippen molar-refractivity contribution < 1.29 is 30.3 Å². The van der Waals surface area contributed by atoms with Gasteiger partial charge >= 0.3 is 0 Å². The smallest absolute Gasteiger partial charge is 0.169 e. The van der Waals surface area contributed by atoms with E-state index in [1.807, 2.05) is 30.3 Å². The van der Waals surface area contributed by atoms with Crippen LogP contribution in [0.4, 0.5) is 0 Å². The minimum Gasteiger partial charge on any atom is -0.508 e. The molecule has 0 bridgehead atoms. The van der Waals surface area contributed by atoms with Gasteiger partial charge in [0.2, 0.25) is 0 Å². The quantitative estimate of drug-likeness (QED) is 0.236. The highest BCUT2D eigenvalue weighted by molar-refractivity contribution is 5.53. The van der Waals surface area contributed by atoms with Crippen LogP contribution in [0.2, 0.25) is 0 Å². The molecule has 4 aromatic rings. The Morgan fingerprint density at radius 2 is 0.941 bits per heavy atom. The van der Waals surface area contributed by atoms with Gasteiger partial charge in [0.25, 0.3) is 0 Å². The standard InChI is InChI=1S/C28H26O6/c29-22-10-4-18(5-11-22)1-2-20-8-14-27(25(32)15-20)34-28-16-21(24(31)17-26(28)33)9-3-19-6-12-23(30)13-7-19/h4-8,10-17,29-33H,1-3,9H2. The minimum atomic E-state index is -0.235. The Balaban J connectivity index is 1.44. The van der Waals surface area contributed by atoms with E-state index in [9.17, 15) is 25.5 Å². The molecule has 174 valence electrons. The van der Waals surface area contributed by atoms with Crippen molar-refractivity contribution in [1.29, 1.82) is 0 Å². The molecule has 0 fully saturated rings. The molecule has 6 nitrogen and oxygen atoms in total. The van der Waals surface area contributed by atoms with Gasteiger partial charge in [-0.05, 0) is 90.4 Å². The predicted molar refractivity (Wildman–Crippen MR) is 129 cm³/mol. The lowest BCUT2D eigenvalue weighted by atomic mass is 10.0. The number of phenols is 5. The van der Waals surface area contributed by atoms with Crippen LogP contribution in [0.25, 0.3) is 0 Å². The first kappa shape index (κ1) is 22.9. The van der Waals surface area contributed by atoms with Crippen molar-refractivity contribution in [1.82, 2.24) is 0 Å². The van der Waals surface area contributed by atoms with E-state index >= 15 is 0 Å². The molecule has 6 heteroatoms. The number of benzene rings is 4. The number of aromatic hydroxyl groups is 5. The number of hydrogen-bond donors (Lipinski definition) is 5. The monoisotopic (exact) mass is 458 g/mol. The summed E-state index contributed by atoms with van der Waals surface area (Å²) in [5.41, 5.74) is 3.58. The lowest BCUT2D eigenvalue weighted by molar-refractivity contribution is 0.380. The summed E-state index contributed by atoms with van der Waals surface area (Å²) in [5.74, 6) is 0.409. The van der Waals surface area contributed by atoms with Crippen molar-refractivity contribution >= 4 is 0 Å². The zero-order valence-corrected chi connectivity index (χ0v) is 18.5. The van der Waals surface area contributed by atoms with Crippen molar-refractivity contribution in [2.24, 2.45) is 0 Å². The number of rotatable bonds is 8. The molecule has 0 aromatic heterocycles. The molecule has 0 aliphatic rings. The first-order chi connectivity index (χ1) is 16.4. The molecular formula is C28H26O6.